The molecule has 0 aromatic heterocycles. The number of piperidine rings is 4. The SMILES string of the molecule is CN1CCC(OC(=O)CC(C(=O)OC2CCN(C)CC2)C(CC(=O)OC2CCN(C)CC2)C(=O)OC2CCN(C)CC2)CC1. The highest BCUT2D eigenvalue weighted by Crippen LogP contribution is 2.29. The molecule has 250 valence electrons. The van der Waals surface area contributed by atoms with Crippen molar-refractivity contribution in [1.29, 1.82) is 0 Å². The molecule has 4 fully saturated rings. The molecule has 0 aromatic carbocycles. The molecule has 0 radical (unpaired) electrons. The number of hydrogen-bond acceptors (Lipinski definition) is 12. The predicted octanol–water partition coefficient (Wildman–Crippen LogP) is 1.55. The Morgan fingerprint density at radius 1 is 0.455 bits per heavy atom. The summed E-state index contributed by atoms with van der Waals surface area (Å²) in [5.74, 6) is -4.86. The average Bonchev–Trinajstić information content (AvgIpc) is 2.99. The van der Waals surface area contributed by atoms with E-state index in [1.165, 1.54) is 0 Å². The fraction of sp³-hybridized carbons (Fsp3) is 0.875. The van der Waals surface area contributed by atoms with Gasteiger partial charge in [0.1, 0.15) is 24.4 Å². The van der Waals surface area contributed by atoms with Crippen molar-refractivity contribution in [3.8, 4) is 0 Å². The van der Waals surface area contributed by atoms with Gasteiger partial charge in [-0.1, -0.05) is 0 Å². The molecule has 0 aromatic rings. The van der Waals surface area contributed by atoms with E-state index in [2.05, 4.69) is 19.6 Å². The first-order chi connectivity index (χ1) is 21.0. The van der Waals surface area contributed by atoms with Crippen molar-refractivity contribution in [3.05, 3.63) is 0 Å². The first kappa shape index (κ1) is 34.6. The molecular weight excluding hydrogens is 568 g/mol. The highest BCUT2D eigenvalue weighted by atomic mass is 16.6. The lowest BCUT2D eigenvalue weighted by Gasteiger charge is -2.33. The quantitative estimate of drug-likeness (QED) is 0.246. The third-order valence-electron chi connectivity index (χ3n) is 9.69. The molecule has 2 atom stereocenters. The molecule has 0 spiro atoms. The molecular formula is C32H54N4O8. The van der Waals surface area contributed by atoms with Crippen molar-refractivity contribution in [2.24, 2.45) is 11.8 Å². The predicted molar refractivity (Wildman–Crippen MR) is 163 cm³/mol. The van der Waals surface area contributed by atoms with Crippen molar-refractivity contribution in [1.82, 2.24) is 19.6 Å². The Bertz CT molecular complexity index is 874. The Labute approximate surface area is 262 Å². The van der Waals surface area contributed by atoms with E-state index < -0.39 is 35.7 Å². The minimum Gasteiger partial charge on any atom is -0.462 e. The summed E-state index contributed by atoms with van der Waals surface area (Å²) in [6.07, 6.45) is 3.64. The molecule has 4 rings (SSSR count). The van der Waals surface area contributed by atoms with Crippen LogP contribution in [0, 0.1) is 11.8 Å². The van der Waals surface area contributed by atoms with Gasteiger partial charge < -0.3 is 38.5 Å². The van der Waals surface area contributed by atoms with Gasteiger partial charge in [-0.15, -0.1) is 0 Å². The molecule has 4 aliphatic heterocycles. The monoisotopic (exact) mass is 622 g/mol. The summed E-state index contributed by atoms with van der Waals surface area (Å²) >= 11 is 0. The van der Waals surface area contributed by atoms with Gasteiger partial charge in [0.15, 0.2) is 0 Å². The van der Waals surface area contributed by atoms with E-state index in [4.69, 9.17) is 18.9 Å². The first-order valence-corrected chi connectivity index (χ1v) is 16.6. The van der Waals surface area contributed by atoms with E-state index in [1.54, 1.807) is 0 Å². The van der Waals surface area contributed by atoms with Gasteiger partial charge in [0.05, 0.1) is 24.7 Å². The van der Waals surface area contributed by atoms with E-state index in [-0.39, 0.29) is 37.3 Å². The van der Waals surface area contributed by atoms with Gasteiger partial charge in [-0.25, -0.2) is 0 Å². The number of likely N-dealkylation sites (tertiary alicyclic amines) is 4. The molecule has 0 bridgehead atoms. The zero-order chi connectivity index (χ0) is 31.6. The van der Waals surface area contributed by atoms with Crippen molar-refractivity contribution in [3.63, 3.8) is 0 Å². The molecule has 0 N–H and O–H groups in total. The number of nitrogens with zero attached hydrogens (tertiary/aromatic N) is 4. The lowest BCUT2D eigenvalue weighted by Crippen LogP contribution is -2.43. The molecule has 12 heteroatoms. The van der Waals surface area contributed by atoms with Crippen molar-refractivity contribution >= 4 is 23.9 Å². The zero-order valence-corrected chi connectivity index (χ0v) is 27.2. The van der Waals surface area contributed by atoms with Gasteiger partial charge in [-0.3, -0.25) is 19.2 Å². The van der Waals surface area contributed by atoms with E-state index in [0.29, 0.717) is 51.4 Å². The molecule has 2 unspecified atom stereocenters. The Balaban J connectivity index is 1.50. The fourth-order valence-corrected chi connectivity index (χ4v) is 6.52. The lowest BCUT2D eigenvalue weighted by molar-refractivity contribution is -0.175. The molecule has 0 aliphatic carbocycles. The Kier molecular flexibility index (Phi) is 13.3. The highest BCUT2D eigenvalue weighted by Gasteiger charge is 2.42. The van der Waals surface area contributed by atoms with Crippen LogP contribution in [0.1, 0.15) is 64.2 Å². The van der Waals surface area contributed by atoms with Gasteiger partial charge in [-0.2, -0.15) is 0 Å². The number of hydrogen-bond donors (Lipinski definition) is 0. The van der Waals surface area contributed by atoms with Crippen molar-refractivity contribution in [2.45, 2.75) is 88.6 Å². The Hall–Kier alpha value is -2.28. The summed E-state index contributed by atoms with van der Waals surface area (Å²) in [7, 11) is 8.09. The topological polar surface area (TPSA) is 118 Å². The summed E-state index contributed by atoms with van der Waals surface area (Å²) in [4.78, 5) is 63.0. The van der Waals surface area contributed by atoms with Crippen LogP contribution in [-0.4, -0.2) is 148 Å². The Morgan fingerprint density at radius 2 is 0.682 bits per heavy atom. The maximum atomic E-state index is 13.8. The van der Waals surface area contributed by atoms with Gasteiger partial charge in [-0.05, 0) is 79.6 Å². The van der Waals surface area contributed by atoms with Crippen LogP contribution in [0.3, 0.4) is 0 Å². The van der Waals surface area contributed by atoms with Crippen molar-refractivity contribution in [2.75, 3.05) is 80.5 Å². The normalized spacial score (nSPS) is 24.4. The molecule has 12 nitrogen and oxygen atoms in total. The fourth-order valence-electron chi connectivity index (χ4n) is 6.52. The maximum absolute atomic E-state index is 13.8. The number of esters is 4. The van der Waals surface area contributed by atoms with Crippen LogP contribution in [-0.2, 0) is 38.1 Å². The van der Waals surface area contributed by atoms with E-state index in [9.17, 15) is 19.2 Å². The van der Waals surface area contributed by atoms with Gasteiger partial charge in [0, 0.05) is 52.4 Å². The third-order valence-corrected chi connectivity index (χ3v) is 9.69. The third kappa shape index (κ3) is 11.0. The summed E-state index contributed by atoms with van der Waals surface area (Å²) in [6.45, 7) is 6.39. The largest absolute Gasteiger partial charge is 0.462 e. The molecule has 0 amide bonds. The second kappa shape index (κ2) is 16.9. The minimum atomic E-state index is -1.21. The summed E-state index contributed by atoms with van der Waals surface area (Å²) in [6, 6.07) is 0. The molecule has 4 saturated heterocycles. The second-order valence-corrected chi connectivity index (χ2v) is 13.5. The standard InChI is InChI=1S/C32H54N4O8/c1-33-13-5-23(6-14-33)41-29(37)21-27(31(39)43-25-9-17-35(3)18-10-25)28(32(40)44-26-11-19-36(4)20-12-26)22-30(38)42-24-7-15-34(2)16-8-24/h23-28H,5-22H2,1-4H3. The maximum Gasteiger partial charge on any atom is 0.310 e. The Morgan fingerprint density at radius 3 is 0.932 bits per heavy atom. The molecule has 4 aliphatic rings. The minimum absolute atomic E-state index is 0.247. The van der Waals surface area contributed by atoms with E-state index in [0.717, 1.165) is 52.4 Å². The van der Waals surface area contributed by atoms with Crippen molar-refractivity contribution < 1.29 is 38.1 Å². The van der Waals surface area contributed by atoms with Crippen LogP contribution in [0.2, 0.25) is 0 Å². The summed E-state index contributed by atoms with van der Waals surface area (Å²) < 4.78 is 23.5. The number of rotatable bonds is 11. The first-order valence-electron chi connectivity index (χ1n) is 16.6. The summed E-state index contributed by atoms with van der Waals surface area (Å²) in [5, 5.41) is 0. The smallest absolute Gasteiger partial charge is 0.310 e. The van der Waals surface area contributed by atoms with E-state index in [1.807, 2.05) is 28.2 Å². The van der Waals surface area contributed by atoms with Gasteiger partial charge in [0.25, 0.3) is 0 Å². The summed E-state index contributed by atoms with van der Waals surface area (Å²) in [5.41, 5.74) is 0. The lowest BCUT2D eigenvalue weighted by atomic mass is 9.86. The second-order valence-electron chi connectivity index (χ2n) is 13.5. The zero-order valence-electron chi connectivity index (χ0n) is 27.2. The average molecular weight is 623 g/mol. The van der Waals surface area contributed by atoms with Crippen LogP contribution in [0.15, 0.2) is 0 Å². The van der Waals surface area contributed by atoms with Crippen LogP contribution < -0.4 is 0 Å². The van der Waals surface area contributed by atoms with Gasteiger partial charge >= 0.3 is 23.9 Å². The number of ether oxygens (including phenoxy) is 4. The number of carbonyl (C=O) groups is 4. The van der Waals surface area contributed by atoms with Crippen LogP contribution in [0.4, 0.5) is 0 Å². The van der Waals surface area contributed by atoms with E-state index >= 15 is 0 Å². The van der Waals surface area contributed by atoms with Crippen LogP contribution in [0.5, 0.6) is 0 Å². The van der Waals surface area contributed by atoms with Gasteiger partial charge in [0.2, 0.25) is 0 Å². The number of carbonyl (C=O) groups excluding carboxylic acids is 4. The highest BCUT2D eigenvalue weighted by molar-refractivity contribution is 5.88. The van der Waals surface area contributed by atoms with Crippen LogP contribution in [0.25, 0.3) is 0 Å². The molecule has 44 heavy (non-hydrogen) atoms. The molecule has 0 saturated carbocycles. The molecule has 4 heterocycles. The van der Waals surface area contributed by atoms with Crippen LogP contribution >= 0.6 is 0 Å².